The van der Waals surface area contributed by atoms with Crippen molar-refractivity contribution < 1.29 is 9.13 Å². The Kier molecular flexibility index (Phi) is 5.07. The second kappa shape index (κ2) is 6.80. The van der Waals surface area contributed by atoms with Crippen molar-refractivity contribution in [2.45, 2.75) is 19.8 Å². The van der Waals surface area contributed by atoms with Crippen molar-refractivity contribution in [3.05, 3.63) is 69.4 Å². The summed E-state index contributed by atoms with van der Waals surface area (Å²) >= 11 is 3.37. The van der Waals surface area contributed by atoms with Gasteiger partial charge in [-0.3, -0.25) is 0 Å². The molecule has 0 bridgehead atoms. The van der Waals surface area contributed by atoms with Gasteiger partial charge in [0.1, 0.15) is 5.82 Å². The number of ether oxygens (including phenoxy) is 1. The van der Waals surface area contributed by atoms with Crippen LogP contribution in [0.2, 0.25) is 0 Å². The van der Waals surface area contributed by atoms with E-state index in [2.05, 4.69) is 15.9 Å². The predicted octanol–water partition coefficient (Wildman–Crippen LogP) is 3.76. The van der Waals surface area contributed by atoms with E-state index in [-0.39, 0.29) is 12.4 Å². The smallest absolute Gasteiger partial charge is 0.128 e. The van der Waals surface area contributed by atoms with Gasteiger partial charge in [0.25, 0.3) is 0 Å². The van der Waals surface area contributed by atoms with Crippen molar-refractivity contribution in [2.75, 3.05) is 0 Å². The molecule has 0 aromatic heterocycles. The lowest BCUT2D eigenvalue weighted by Gasteiger charge is -2.07. The summed E-state index contributed by atoms with van der Waals surface area (Å²) in [5, 5.41) is 0. The van der Waals surface area contributed by atoms with Crippen LogP contribution in [0.5, 0.6) is 0 Å². The molecule has 100 valence electrons. The fourth-order valence-electron chi connectivity index (χ4n) is 1.73. The number of hydrogen-bond donors (Lipinski definition) is 1. The van der Waals surface area contributed by atoms with E-state index >= 15 is 0 Å². The molecular formula is C15H15BrFNO. The van der Waals surface area contributed by atoms with Crippen LogP contribution >= 0.6 is 15.9 Å². The monoisotopic (exact) mass is 323 g/mol. The number of benzene rings is 2. The van der Waals surface area contributed by atoms with Crippen molar-refractivity contribution in [3.63, 3.8) is 0 Å². The zero-order chi connectivity index (χ0) is 13.7. The normalized spacial score (nSPS) is 10.7. The number of hydrogen-bond acceptors (Lipinski definition) is 2. The fraction of sp³-hybridized carbons (Fsp3) is 0.200. The van der Waals surface area contributed by atoms with Gasteiger partial charge in [-0.05, 0) is 35.4 Å². The van der Waals surface area contributed by atoms with Crippen LogP contribution in [-0.2, 0) is 24.5 Å². The fourth-order valence-corrected chi connectivity index (χ4v) is 1.99. The molecule has 0 aliphatic heterocycles. The topological polar surface area (TPSA) is 35.2 Å². The summed E-state index contributed by atoms with van der Waals surface area (Å²) < 4.78 is 20.1. The molecule has 0 amide bonds. The molecule has 0 spiro atoms. The van der Waals surface area contributed by atoms with Gasteiger partial charge in [-0.25, -0.2) is 4.39 Å². The van der Waals surface area contributed by atoms with Crippen LogP contribution in [-0.4, -0.2) is 0 Å². The van der Waals surface area contributed by atoms with Crippen molar-refractivity contribution in [3.8, 4) is 0 Å². The zero-order valence-electron chi connectivity index (χ0n) is 10.4. The lowest BCUT2D eigenvalue weighted by Crippen LogP contribution is -2.01. The quantitative estimate of drug-likeness (QED) is 0.909. The van der Waals surface area contributed by atoms with Gasteiger partial charge in [0, 0.05) is 16.6 Å². The highest BCUT2D eigenvalue weighted by atomic mass is 79.9. The Morgan fingerprint density at radius 3 is 2.37 bits per heavy atom. The molecule has 2 aromatic rings. The Hall–Kier alpha value is -1.23. The molecule has 0 aliphatic carbocycles. The molecule has 0 unspecified atom stereocenters. The third kappa shape index (κ3) is 4.13. The van der Waals surface area contributed by atoms with Crippen LogP contribution in [0.3, 0.4) is 0 Å². The molecular weight excluding hydrogens is 309 g/mol. The predicted molar refractivity (Wildman–Crippen MR) is 76.9 cm³/mol. The van der Waals surface area contributed by atoms with Gasteiger partial charge in [0.05, 0.1) is 13.2 Å². The molecule has 19 heavy (non-hydrogen) atoms. The van der Waals surface area contributed by atoms with E-state index in [0.29, 0.717) is 18.7 Å². The minimum Gasteiger partial charge on any atom is -0.372 e. The number of nitrogens with two attached hydrogens (primary N) is 1. The maximum Gasteiger partial charge on any atom is 0.128 e. The molecule has 2 rings (SSSR count). The average molecular weight is 324 g/mol. The summed E-state index contributed by atoms with van der Waals surface area (Å²) in [6.45, 7) is 1.11. The van der Waals surface area contributed by atoms with Crippen molar-refractivity contribution in [1.82, 2.24) is 0 Å². The molecule has 0 atom stereocenters. The first-order valence-electron chi connectivity index (χ1n) is 5.98. The number of halogens is 2. The van der Waals surface area contributed by atoms with Gasteiger partial charge in [0.2, 0.25) is 0 Å². The van der Waals surface area contributed by atoms with Crippen LogP contribution in [0, 0.1) is 5.82 Å². The Bertz CT molecular complexity index is 542. The van der Waals surface area contributed by atoms with Crippen molar-refractivity contribution in [2.24, 2.45) is 5.73 Å². The molecule has 0 saturated heterocycles. The Labute approximate surface area is 120 Å². The molecule has 2 aromatic carbocycles. The Morgan fingerprint density at radius 1 is 1.00 bits per heavy atom. The van der Waals surface area contributed by atoms with E-state index in [4.69, 9.17) is 10.5 Å². The first-order chi connectivity index (χ1) is 9.19. The summed E-state index contributed by atoms with van der Waals surface area (Å²) in [6.07, 6.45) is 0. The van der Waals surface area contributed by atoms with E-state index < -0.39 is 0 Å². The van der Waals surface area contributed by atoms with E-state index in [1.54, 1.807) is 12.1 Å². The average Bonchev–Trinajstić information content (AvgIpc) is 2.43. The maximum atomic E-state index is 13.6. The lowest BCUT2D eigenvalue weighted by molar-refractivity contribution is 0.105. The highest BCUT2D eigenvalue weighted by molar-refractivity contribution is 9.10. The van der Waals surface area contributed by atoms with Crippen molar-refractivity contribution in [1.29, 1.82) is 0 Å². The van der Waals surface area contributed by atoms with E-state index in [1.807, 2.05) is 24.3 Å². The van der Waals surface area contributed by atoms with Gasteiger partial charge in [0.15, 0.2) is 0 Å². The van der Waals surface area contributed by atoms with Gasteiger partial charge in [-0.2, -0.15) is 0 Å². The third-order valence-corrected chi connectivity index (χ3v) is 3.31. The zero-order valence-corrected chi connectivity index (χ0v) is 12.0. The second-order valence-corrected chi connectivity index (χ2v) is 5.16. The minimum atomic E-state index is -0.256. The molecule has 2 N–H and O–H groups in total. The molecule has 2 nitrogen and oxygen atoms in total. The minimum absolute atomic E-state index is 0.246. The second-order valence-electron chi connectivity index (χ2n) is 4.25. The molecule has 0 radical (unpaired) electrons. The lowest BCUT2D eigenvalue weighted by atomic mass is 10.1. The molecule has 0 heterocycles. The maximum absolute atomic E-state index is 13.6. The third-order valence-electron chi connectivity index (χ3n) is 2.79. The summed E-state index contributed by atoms with van der Waals surface area (Å²) in [6, 6.07) is 12.7. The summed E-state index contributed by atoms with van der Waals surface area (Å²) in [5.41, 5.74) is 8.04. The molecule has 0 fully saturated rings. The summed E-state index contributed by atoms with van der Waals surface area (Å²) in [5.74, 6) is -0.256. The Morgan fingerprint density at radius 2 is 1.68 bits per heavy atom. The standard InChI is InChI=1S/C15H15BrFNO/c16-14-4-1-11(2-5-14)9-19-10-13-7-12(8-18)3-6-15(13)17/h1-7H,8-10,18H2. The first kappa shape index (κ1) is 14.2. The van der Waals surface area contributed by atoms with Crippen LogP contribution < -0.4 is 5.73 Å². The van der Waals surface area contributed by atoms with E-state index in [9.17, 15) is 4.39 Å². The van der Waals surface area contributed by atoms with E-state index in [0.717, 1.165) is 15.6 Å². The highest BCUT2D eigenvalue weighted by Gasteiger charge is 2.03. The summed E-state index contributed by atoms with van der Waals surface area (Å²) in [7, 11) is 0. The van der Waals surface area contributed by atoms with Crippen LogP contribution in [0.4, 0.5) is 4.39 Å². The number of rotatable bonds is 5. The molecule has 0 saturated carbocycles. The highest BCUT2D eigenvalue weighted by Crippen LogP contribution is 2.14. The Balaban J connectivity index is 1.93. The SMILES string of the molecule is NCc1ccc(F)c(COCc2ccc(Br)cc2)c1. The van der Waals surface area contributed by atoms with Gasteiger partial charge in [-0.1, -0.05) is 34.1 Å². The van der Waals surface area contributed by atoms with Gasteiger partial charge >= 0.3 is 0 Å². The van der Waals surface area contributed by atoms with Gasteiger partial charge in [-0.15, -0.1) is 0 Å². The van der Waals surface area contributed by atoms with Crippen LogP contribution in [0.25, 0.3) is 0 Å². The van der Waals surface area contributed by atoms with Crippen LogP contribution in [0.1, 0.15) is 16.7 Å². The van der Waals surface area contributed by atoms with Crippen molar-refractivity contribution >= 4 is 15.9 Å². The first-order valence-corrected chi connectivity index (χ1v) is 6.78. The largest absolute Gasteiger partial charge is 0.372 e. The molecule has 4 heteroatoms. The van der Waals surface area contributed by atoms with Gasteiger partial charge < -0.3 is 10.5 Å². The van der Waals surface area contributed by atoms with Crippen LogP contribution in [0.15, 0.2) is 46.9 Å². The van der Waals surface area contributed by atoms with E-state index in [1.165, 1.54) is 6.07 Å². The molecule has 0 aliphatic rings. The summed E-state index contributed by atoms with van der Waals surface area (Å²) in [4.78, 5) is 0.